The Morgan fingerprint density at radius 2 is 1.76 bits per heavy atom. The first kappa shape index (κ1) is 18.1. The van der Waals surface area contributed by atoms with E-state index in [0.717, 1.165) is 66.0 Å². The van der Waals surface area contributed by atoms with Crippen LogP contribution in [0.15, 0.2) is 47.6 Å². The number of aromatic nitrogens is 2. The molecule has 0 radical (unpaired) electrons. The Balaban J connectivity index is 1.44. The molecule has 2 aromatic carbocycles. The van der Waals surface area contributed by atoms with Gasteiger partial charge in [0.05, 0.1) is 22.9 Å². The zero-order chi connectivity index (χ0) is 20.0. The van der Waals surface area contributed by atoms with Gasteiger partial charge in [-0.25, -0.2) is 9.98 Å². The summed E-state index contributed by atoms with van der Waals surface area (Å²) in [7, 11) is 4.33. The zero-order valence-corrected chi connectivity index (χ0v) is 17.0. The molecule has 0 aliphatic carbocycles. The van der Waals surface area contributed by atoms with E-state index in [-0.39, 0.29) is 0 Å². The number of benzene rings is 2. The molecule has 0 saturated carbocycles. The van der Waals surface area contributed by atoms with Crippen LogP contribution in [-0.2, 0) is 6.42 Å². The van der Waals surface area contributed by atoms with Crippen LogP contribution in [0, 0.1) is 0 Å². The molecular weight excluding hydrogens is 360 g/mol. The minimum Gasteiger partial charge on any atom is -0.387 e. The average molecular weight is 387 g/mol. The van der Waals surface area contributed by atoms with Crippen LogP contribution in [0.1, 0.15) is 18.4 Å². The molecule has 2 aliphatic heterocycles. The third-order valence-electron chi connectivity index (χ3n) is 6.10. The molecule has 0 spiro atoms. The van der Waals surface area contributed by atoms with Crippen LogP contribution in [0.5, 0.6) is 0 Å². The Morgan fingerprint density at radius 1 is 1.00 bits per heavy atom. The number of hydrogen-bond donors (Lipinski definition) is 1. The van der Waals surface area contributed by atoms with Crippen molar-refractivity contribution in [2.75, 3.05) is 32.1 Å². The number of fused-ring (bicyclic) bond motifs is 2. The second kappa shape index (κ2) is 7.12. The van der Waals surface area contributed by atoms with Gasteiger partial charge in [-0.15, -0.1) is 0 Å². The monoisotopic (exact) mass is 386 g/mol. The summed E-state index contributed by atoms with van der Waals surface area (Å²) in [5, 5.41) is 0. The summed E-state index contributed by atoms with van der Waals surface area (Å²) in [6.45, 7) is 2.04. The lowest BCUT2D eigenvalue weighted by atomic mass is 10.0. The molecule has 0 amide bonds. The highest BCUT2D eigenvalue weighted by atomic mass is 15.2. The summed E-state index contributed by atoms with van der Waals surface area (Å²) in [5.41, 5.74) is 12.2. The van der Waals surface area contributed by atoms with Gasteiger partial charge in [0.1, 0.15) is 11.7 Å². The molecule has 2 N–H and O–H groups in total. The van der Waals surface area contributed by atoms with E-state index < -0.39 is 0 Å². The van der Waals surface area contributed by atoms with Crippen molar-refractivity contribution in [3.8, 4) is 11.1 Å². The number of aliphatic imine (C=N–C) groups is 1. The lowest BCUT2D eigenvalue weighted by Gasteiger charge is -2.35. The van der Waals surface area contributed by atoms with Gasteiger partial charge in [-0.2, -0.15) is 0 Å². The van der Waals surface area contributed by atoms with E-state index in [1.807, 2.05) is 12.3 Å². The van der Waals surface area contributed by atoms with Crippen molar-refractivity contribution >= 4 is 28.4 Å². The molecule has 1 aromatic heterocycles. The summed E-state index contributed by atoms with van der Waals surface area (Å²) in [4.78, 5) is 18.7. The van der Waals surface area contributed by atoms with Gasteiger partial charge in [0.2, 0.25) is 0 Å². The summed E-state index contributed by atoms with van der Waals surface area (Å²) in [6, 6.07) is 13.3. The molecule has 6 nitrogen and oxygen atoms in total. The molecule has 1 saturated heterocycles. The van der Waals surface area contributed by atoms with Crippen molar-refractivity contribution in [3.63, 3.8) is 0 Å². The minimum atomic E-state index is 0.655. The first-order valence-corrected chi connectivity index (χ1v) is 10.2. The van der Waals surface area contributed by atoms with E-state index in [4.69, 9.17) is 10.7 Å². The number of rotatable bonds is 3. The Labute approximate surface area is 171 Å². The first-order chi connectivity index (χ1) is 14.1. The van der Waals surface area contributed by atoms with Gasteiger partial charge in [-0.05, 0) is 61.8 Å². The zero-order valence-electron chi connectivity index (χ0n) is 17.0. The van der Waals surface area contributed by atoms with Gasteiger partial charge in [-0.1, -0.05) is 18.2 Å². The van der Waals surface area contributed by atoms with Gasteiger partial charge in [0.25, 0.3) is 0 Å². The molecule has 6 heteroatoms. The van der Waals surface area contributed by atoms with Crippen molar-refractivity contribution in [2.24, 2.45) is 10.7 Å². The summed E-state index contributed by atoms with van der Waals surface area (Å²) >= 11 is 0. The smallest absolute Gasteiger partial charge is 0.147 e. The maximum absolute atomic E-state index is 5.89. The molecule has 0 bridgehead atoms. The normalized spacial score (nSPS) is 17.1. The molecule has 5 rings (SSSR count). The van der Waals surface area contributed by atoms with E-state index in [2.05, 4.69) is 64.2 Å². The van der Waals surface area contributed by atoms with Crippen molar-refractivity contribution in [1.29, 1.82) is 0 Å². The highest BCUT2D eigenvalue weighted by molar-refractivity contribution is 5.92. The van der Waals surface area contributed by atoms with Crippen molar-refractivity contribution < 1.29 is 0 Å². The lowest BCUT2D eigenvalue weighted by Crippen LogP contribution is -2.42. The van der Waals surface area contributed by atoms with Crippen LogP contribution in [0.25, 0.3) is 22.2 Å². The van der Waals surface area contributed by atoms with Crippen LogP contribution in [0.2, 0.25) is 0 Å². The van der Waals surface area contributed by atoms with E-state index >= 15 is 0 Å². The Bertz CT molecular complexity index is 1100. The van der Waals surface area contributed by atoms with E-state index in [1.54, 1.807) is 0 Å². The lowest BCUT2D eigenvalue weighted by molar-refractivity contribution is 0.249. The van der Waals surface area contributed by atoms with Gasteiger partial charge < -0.3 is 15.5 Å². The predicted octanol–water partition coefficient (Wildman–Crippen LogP) is 3.37. The molecule has 2 aliphatic rings. The number of amidine groups is 1. The third kappa shape index (κ3) is 3.44. The molecule has 3 aromatic rings. The fourth-order valence-electron chi connectivity index (χ4n) is 4.33. The maximum Gasteiger partial charge on any atom is 0.147 e. The molecular formula is C23H26N6. The topological polar surface area (TPSA) is 70.6 Å². The highest BCUT2D eigenvalue weighted by Gasteiger charge is 2.22. The molecule has 1 fully saturated rings. The molecule has 3 heterocycles. The SMILES string of the molecule is CN(C)C1CCN(c2cnc3ccc(-c4ccc5c(c4)N=C(N)C5)cc3n2)CC1. The fourth-order valence-corrected chi connectivity index (χ4v) is 4.33. The quantitative estimate of drug-likeness (QED) is 0.747. The number of piperidine rings is 1. The van der Waals surface area contributed by atoms with Gasteiger partial charge in [0, 0.05) is 25.6 Å². The van der Waals surface area contributed by atoms with Crippen LogP contribution in [-0.4, -0.2) is 53.9 Å². The van der Waals surface area contributed by atoms with E-state index in [9.17, 15) is 0 Å². The molecule has 29 heavy (non-hydrogen) atoms. The fraction of sp³-hybridized carbons (Fsp3) is 0.348. The summed E-state index contributed by atoms with van der Waals surface area (Å²) < 4.78 is 0. The molecule has 0 unspecified atom stereocenters. The summed E-state index contributed by atoms with van der Waals surface area (Å²) in [5.74, 6) is 1.65. The second-order valence-electron chi connectivity index (χ2n) is 8.24. The van der Waals surface area contributed by atoms with E-state index in [1.165, 1.54) is 5.56 Å². The third-order valence-corrected chi connectivity index (χ3v) is 6.10. The van der Waals surface area contributed by atoms with Crippen molar-refractivity contribution in [1.82, 2.24) is 14.9 Å². The molecule has 148 valence electrons. The highest BCUT2D eigenvalue weighted by Crippen LogP contribution is 2.32. The second-order valence-corrected chi connectivity index (χ2v) is 8.24. The Morgan fingerprint density at radius 3 is 2.55 bits per heavy atom. The van der Waals surface area contributed by atoms with E-state index in [0.29, 0.717) is 11.9 Å². The maximum atomic E-state index is 5.89. The number of anilines is 1. The number of nitrogens with two attached hydrogens (primary N) is 1. The van der Waals surface area contributed by atoms with Crippen LogP contribution in [0.3, 0.4) is 0 Å². The predicted molar refractivity (Wildman–Crippen MR) is 119 cm³/mol. The number of hydrogen-bond acceptors (Lipinski definition) is 6. The van der Waals surface area contributed by atoms with Gasteiger partial charge >= 0.3 is 0 Å². The van der Waals surface area contributed by atoms with Crippen LogP contribution in [0.4, 0.5) is 11.5 Å². The largest absolute Gasteiger partial charge is 0.387 e. The standard InChI is InChI=1S/C23H26N6/c1-28(2)18-7-9-29(10-8-18)23-14-25-19-6-5-16(12-21(19)27-23)15-3-4-17-13-22(24)26-20(17)11-15/h3-6,11-12,14,18H,7-10,13H2,1-2H3,(H2,24,26). The van der Waals surface area contributed by atoms with Gasteiger partial charge in [0.15, 0.2) is 0 Å². The Hall–Kier alpha value is -2.99. The van der Waals surface area contributed by atoms with Crippen LogP contribution < -0.4 is 10.6 Å². The van der Waals surface area contributed by atoms with Crippen molar-refractivity contribution in [2.45, 2.75) is 25.3 Å². The first-order valence-electron chi connectivity index (χ1n) is 10.2. The summed E-state index contributed by atoms with van der Waals surface area (Å²) in [6.07, 6.45) is 4.97. The molecule has 0 atom stereocenters. The van der Waals surface area contributed by atoms with Crippen molar-refractivity contribution in [3.05, 3.63) is 48.2 Å². The minimum absolute atomic E-state index is 0.655. The number of nitrogens with zero attached hydrogens (tertiary/aromatic N) is 5. The average Bonchev–Trinajstić information content (AvgIpc) is 3.12. The Kier molecular flexibility index (Phi) is 4.43. The van der Waals surface area contributed by atoms with Gasteiger partial charge in [-0.3, -0.25) is 4.98 Å². The van der Waals surface area contributed by atoms with Crippen LogP contribution >= 0.6 is 0 Å².